The van der Waals surface area contributed by atoms with E-state index in [-0.39, 0.29) is 29.2 Å². The summed E-state index contributed by atoms with van der Waals surface area (Å²) in [6, 6.07) is 0. The molecule has 1 aliphatic rings. The van der Waals surface area contributed by atoms with Crippen LogP contribution in [0.5, 0.6) is 0 Å². The van der Waals surface area contributed by atoms with Crippen molar-refractivity contribution in [2.24, 2.45) is 11.8 Å². The number of rotatable bonds is 9. The summed E-state index contributed by atoms with van der Waals surface area (Å²) in [5.74, 6) is 0.472. The average Bonchev–Trinajstić information content (AvgIpc) is 2.56. The van der Waals surface area contributed by atoms with Gasteiger partial charge in [0, 0.05) is 18.4 Å². The van der Waals surface area contributed by atoms with E-state index in [1.807, 2.05) is 0 Å². The minimum atomic E-state index is -0.236. The topological polar surface area (TPSA) is 58.2 Å². The number of carbonyl (C=O) groups excluding carboxylic acids is 2. The van der Waals surface area contributed by atoms with Gasteiger partial charge in [-0.25, -0.2) is 0 Å². The third kappa shape index (κ3) is 5.82. The van der Waals surface area contributed by atoms with E-state index < -0.39 is 0 Å². The normalized spacial score (nSPS) is 17.3. The Labute approximate surface area is 142 Å². The molecule has 4 heteroatoms. The van der Waals surface area contributed by atoms with Crippen molar-refractivity contribution in [3.63, 3.8) is 0 Å². The summed E-state index contributed by atoms with van der Waals surface area (Å²) in [7, 11) is 0. The molecule has 0 unspecified atom stereocenters. The number of amides is 2. The van der Waals surface area contributed by atoms with Gasteiger partial charge in [0.1, 0.15) is 0 Å². The summed E-state index contributed by atoms with van der Waals surface area (Å²) in [6.07, 6.45) is 8.92. The Bertz CT molecular complexity index is 368. The Hall–Kier alpha value is -1.06. The monoisotopic (exact) mass is 324 g/mol. The van der Waals surface area contributed by atoms with Gasteiger partial charge in [-0.2, -0.15) is 0 Å². The van der Waals surface area contributed by atoms with Gasteiger partial charge in [-0.15, -0.1) is 0 Å². The molecule has 1 fully saturated rings. The second-order valence-electron chi connectivity index (χ2n) is 7.07. The van der Waals surface area contributed by atoms with Crippen LogP contribution in [-0.2, 0) is 9.59 Å². The molecule has 0 aromatic heterocycles. The largest absolute Gasteiger partial charge is 0.354 e. The first-order valence-electron chi connectivity index (χ1n) is 9.61. The molecule has 0 aliphatic heterocycles. The lowest BCUT2D eigenvalue weighted by Crippen LogP contribution is -2.58. The van der Waals surface area contributed by atoms with Gasteiger partial charge in [0.25, 0.3) is 0 Å². The van der Waals surface area contributed by atoms with Crippen molar-refractivity contribution in [3.05, 3.63) is 0 Å². The van der Waals surface area contributed by atoms with Crippen LogP contribution in [0.2, 0.25) is 0 Å². The van der Waals surface area contributed by atoms with Crippen molar-refractivity contribution in [3.8, 4) is 0 Å². The zero-order valence-corrected chi connectivity index (χ0v) is 15.5. The highest BCUT2D eigenvalue weighted by atomic mass is 16.2. The Morgan fingerprint density at radius 3 is 1.78 bits per heavy atom. The predicted octanol–water partition coefficient (Wildman–Crippen LogP) is 3.79. The van der Waals surface area contributed by atoms with Crippen molar-refractivity contribution in [1.82, 2.24) is 10.6 Å². The zero-order valence-electron chi connectivity index (χ0n) is 15.5. The van der Waals surface area contributed by atoms with Crippen molar-refractivity contribution in [2.45, 2.75) is 91.0 Å². The third-order valence-corrected chi connectivity index (χ3v) is 5.51. The highest BCUT2D eigenvalue weighted by Gasteiger charge is 2.35. The van der Waals surface area contributed by atoms with E-state index in [1.54, 1.807) is 0 Å². The maximum atomic E-state index is 12.5. The molecule has 0 atom stereocenters. The fourth-order valence-corrected chi connectivity index (χ4v) is 3.66. The van der Waals surface area contributed by atoms with Gasteiger partial charge < -0.3 is 10.6 Å². The Morgan fingerprint density at radius 2 is 1.30 bits per heavy atom. The molecule has 0 spiro atoms. The first-order chi connectivity index (χ1) is 11.0. The molecule has 1 saturated carbocycles. The highest BCUT2D eigenvalue weighted by Crippen LogP contribution is 2.28. The summed E-state index contributed by atoms with van der Waals surface area (Å²) in [5.41, 5.74) is -0.236. The average molecular weight is 325 g/mol. The van der Waals surface area contributed by atoms with Crippen LogP contribution in [0.3, 0.4) is 0 Å². The first kappa shape index (κ1) is 20.0. The molecule has 4 nitrogen and oxygen atoms in total. The van der Waals surface area contributed by atoms with E-state index in [9.17, 15) is 9.59 Å². The summed E-state index contributed by atoms with van der Waals surface area (Å²) in [4.78, 5) is 24.8. The SMILES string of the molecule is CCC(CC)C(=O)NCC1(NC(=O)C(CC)CC)CCCCC1. The van der Waals surface area contributed by atoms with Gasteiger partial charge in [-0.05, 0) is 38.5 Å². The van der Waals surface area contributed by atoms with Gasteiger partial charge in [0.15, 0.2) is 0 Å². The maximum absolute atomic E-state index is 12.5. The van der Waals surface area contributed by atoms with E-state index in [1.165, 1.54) is 6.42 Å². The number of nitrogens with one attached hydrogen (secondary N) is 2. The quantitative estimate of drug-likeness (QED) is 0.678. The smallest absolute Gasteiger partial charge is 0.223 e. The molecule has 134 valence electrons. The molecule has 2 amide bonds. The summed E-state index contributed by atoms with van der Waals surface area (Å²) in [6.45, 7) is 8.82. The van der Waals surface area contributed by atoms with E-state index >= 15 is 0 Å². The fraction of sp³-hybridized carbons (Fsp3) is 0.895. The van der Waals surface area contributed by atoms with E-state index in [0.717, 1.165) is 51.4 Å². The second kappa shape index (κ2) is 9.94. The Balaban J connectivity index is 2.71. The van der Waals surface area contributed by atoms with Crippen LogP contribution in [0.4, 0.5) is 0 Å². The van der Waals surface area contributed by atoms with Crippen molar-refractivity contribution in [2.75, 3.05) is 6.54 Å². The van der Waals surface area contributed by atoms with E-state index in [4.69, 9.17) is 0 Å². The standard InChI is InChI=1S/C19H36N2O2/c1-5-15(6-2)17(22)20-14-19(12-10-9-11-13-19)21-18(23)16(7-3)8-4/h15-16H,5-14H2,1-4H3,(H,20,22)(H,21,23). The molecule has 1 aliphatic carbocycles. The molecular formula is C19H36N2O2. The summed E-state index contributed by atoms with van der Waals surface area (Å²) in [5, 5.41) is 6.43. The van der Waals surface area contributed by atoms with E-state index in [0.29, 0.717) is 6.54 Å². The molecule has 0 radical (unpaired) electrons. The van der Waals surface area contributed by atoms with Gasteiger partial charge in [0.05, 0.1) is 5.54 Å². The number of hydrogen-bond acceptors (Lipinski definition) is 2. The first-order valence-corrected chi connectivity index (χ1v) is 9.61. The molecule has 0 aromatic carbocycles. The van der Waals surface area contributed by atoms with Crippen molar-refractivity contribution >= 4 is 11.8 Å². The minimum absolute atomic E-state index is 0.0866. The highest BCUT2D eigenvalue weighted by molar-refractivity contribution is 5.80. The van der Waals surface area contributed by atoms with Crippen LogP contribution in [0, 0.1) is 11.8 Å². The second-order valence-corrected chi connectivity index (χ2v) is 7.07. The predicted molar refractivity (Wildman–Crippen MR) is 95.1 cm³/mol. The Morgan fingerprint density at radius 1 is 0.826 bits per heavy atom. The lowest BCUT2D eigenvalue weighted by atomic mass is 9.80. The Kier molecular flexibility index (Phi) is 8.64. The zero-order chi connectivity index (χ0) is 17.3. The van der Waals surface area contributed by atoms with Crippen molar-refractivity contribution in [1.29, 1.82) is 0 Å². The van der Waals surface area contributed by atoms with Crippen LogP contribution in [-0.4, -0.2) is 23.9 Å². The van der Waals surface area contributed by atoms with E-state index in [2.05, 4.69) is 38.3 Å². The lowest BCUT2D eigenvalue weighted by molar-refractivity contribution is -0.129. The molecule has 0 aromatic rings. The van der Waals surface area contributed by atoms with Gasteiger partial charge in [-0.1, -0.05) is 47.0 Å². The molecule has 1 rings (SSSR count). The van der Waals surface area contributed by atoms with Gasteiger partial charge in [0.2, 0.25) is 11.8 Å². The molecular weight excluding hydrogens is 288 g/mol. The maximum Gasteiger partial charge on any atom is 0.223 e. The minimum Gasteiger partial charge on any atom is -0.354 e. The molecule has 0 bridgehead atoms. The number of hydrogen-bond donors (Lipinski definition) is 2. The van der Waals surface area contributed by atoms with Crippen LogP contribution < -0.4 is 10.6 Å². The lowest BCUT2D eigenvalue weighted by Gasteiger charge is -2.39. The molecule has 0 heterocycles. The summed E-state index contributed by atoms with van der Waals surface area (Å²) < 4.78 is 0. The van der Waals surface area contributed by atoms with Crippen LogP contribution in [0.1, 0.15) is 85.5 Å². The fourth-order valence-electron chi connectivity index (χ4n) is 3.66. The van der Waals surface area contributed by atoms with Gasteiger partial charge in [-0.3, -0.25) is 9.59 Å². The van der Waals surface area contributed by atoms with Crippen LogP contribution in [0.25, 0.3) is 0 Å². The van der Waals surface area contributed by atoms with Gasteiger partial charge >= 0.3 is 0 Å². The van der Waals surface area contributed by atoms with Crippen LogP contribution in [0.15, 0.2) is 0 Å². The summed E-state index contributed by atoms with van der Waals surface area (Å²) >= 11 is 0. The third-order valence-electron chi connectivity index (χ3n) is 5.51. The van der Waals surface area contributed by atoms with Crippen molar-refractivity contribution < 1.29 is 9.59 Å². The van der Waals surface area contributed by atoms with Crippen LogP contribution >= 0.6 is 0 Å². The molecule has 23 heavy (non-hydrogen) atoms. The molecule has 2 N–H and O–H groups in total. The molecule has 0 saturated heterocycles. The number of carbonyl (C=O) groups is 2.